The van der Waals surface area contributed by atoms with Crippen molar-refractivity contribution in [3.05, 3.63) is 51.7 Å². The third-order valence-corrected chi connectivity index (χ3v) is 7.66. The summed E-state index contributed by atoms with van der Waals surface area (Å²) in [6.07, 6.45) is 1.89. The van der Waals surface area contributed by atoms with E-state index in [4.69, 9.17) is 14.5 Å². The van der Waals surface area contributed by atoms with Crippen LogP contribution in [0, 0.1) is 6.92 Å². The first-order valence-electron chi connectivity index (χ1n) is 9.54. The predicted octanol–water partition coefficient (Wildman–Crippen LogP) is 5.21. The normalized spacial score (nSPS) is 21.2. The van der Waals surface area contributed by atoms with Crippen molar-refractivity contribution in [3.8, 4) is 5.75 Å². The number of carbonyl (C=O) groups excluding carboxylic acids is 1. The van der Waals surface area contributed by atoms with Crippen LogP contribution in [0.25, 0.3) is 10.8 Å². The van der Waals surface area contributed by atoms with E-state index in [1.54, 1.807) is 11.3 Å². The number of rotatable bonds is 1. The van der Waals surface area contributed by atoms with Crippen molar-refractivity contribution in [2.75, 3.05) is 19.1 Å². The molecule has 3 aromatic rings. The lowest BCUT2D eigenvalue weighted by atomic mass is 9.81. The van der Waals surface area contributed by atoms with Crippen LogP contribution in [0.15, 0.2) is 41.4 Å². The zero-order chi connectivity index (χ0) is 20.6. The molecule has 0 saturated heterocycles. The van der Waals surface area contributed by atoms with E-state index in [9.17, 15) is 4.79 Å². The molecule has 6 heteroatoms. The lowest BCUT2D eigenvalue weighted by Crippen LogP contribution is -2.61. The molecule has 2 aliphatic heterocycles. The molecule has 2 aliphatic rings. The molecule has 5 nitrogen and oxygen atoms in total. The highest BCUT2D eigenvalue weighted by atomic mass is 32.1. The first kappa shape index (κ1) is 18.2. The van der Waals surface area contributed by atoms with Crippen LogP contribution in [0.3, 0.4) is 0 Å². The average Bonchev–Trinajstić information content (AvgIpc) is 3.15. The van der Waals surface area contributed by atoms with Gasteiger partial charge in [-0.15, -0.1) is 11.3 Å². The van der Waals surface area contributed by atoms with Gasteiger partial charge in [0.05, 0.1) is 30.0 Å². The number of carbonyl (C=O) groups is 1. The topological polar surface area (TPSA) is 51.1 Å². The van der Waals surface area contributed by atoms with Gasteiger partial charge in [-0.3, -0.25) is 4.99 Å². The Hall–Kier alpha value is -2.86. The van der Waals surface area contributed by atoms with Gasteiger partial charge in [-0.25, -0.2) is 4.79 Å². The highest BCUT2D eigenvalue weighted by Crippen LogP contribution is 2.58. The van der Waals surface area contributed by atoms with Crippen molar-refractivity contribution in [3.63, 3.8) is 0 Å². The summed E-state index contributed by atoms with van der Waals surface area (Å²) < 4.78 is 11.8. The molecule has 0 radical (unpaired) electrons. The van der Waals surface area contributed by atoms with Crippen LogP contribution >= 0.6 is 11.3 Å². The summed E-state index contributed by atoms with van der Waals surface area (Å²) in [6.45, 7) is 6.25. The maximum Gasteiger partial charge on any atom is 0.341 e. The summed E-state index contributed by atoms with van der Waals surface area (Å²) in [6, 6.07) is 12.2. The van der Waals surface area contributed by atoms with Crippen LogP contribution in [0.1, 0.15) is 34.0 Å². The molecule has 0 saturated carbocycles. The zero-order valence-corrected chi connectivity index (χ0v) is 17.9. The van der Waals surface area contributed by atoms with Crippen molar-refractivity contribution in [1.82, 2.24) is 0 Å². The number of hydrogen-bond donors (Lipinski definition) is 0. The Morgan fingerprint density at radius 1 is 1.21 bits per heavy atom. The van der Waals surface area contributed by atoms with Crippen LogP contribution in [0.4, 0.5) is 11.4 Å². The molecule has 0 N–H and O–H groups in total. The summed E-state index contributed by atoms with van der Waals surface area (Å²) in [5.41, 5.74) is 1.10. The summed E-state index contributed by atoms with van der Waals surface area (Å²) in [5.74, 6) is 0.427. The monoisotopic (exact) mass is 406 g/mol. The first-order chi connectivity index (χ1) is 13.8. The minimum absolute atomic E-state index is 0.321. The Kier molecular flexibility index (Phi) is 3.65. The van der Waals surface area contributed by atoms with E-state index in [1.165, 1.54) is 7.11 Å². The Morgan fingerprint density at radius 2 is 1.97 bits per heavy atom. The largest absolute Gasteiger partial charge is 0.465 e. The quantitative estimate of drug-likeness (QED) is 0.520. The van der Waals surface area contributed by atoms with Crippen molar-refractivity contribution in [1.29, 1.82) is 0 Å². The fourth-order valence-corrected chi connectivity index (χ4v) is 5.93. The maximum absolute atomic E-state index is 12.5. The average molecular weight is 407 g/mol. The molecular formula is C23H22N2O3S. The third-order valence-electron chi connectivity index (χ3n) is 6.24. The van der Waals surface area contributed by atoms with Gasteiger partial charge in [-0.2, -0.15) is 0 Å². The Labute approximate surface area is 173 Å². The summed E-state index contributed by atoms with van der Waals surface area (Å²) in [4.78, 5) is 21.5. The lowest BCUT2D eigenvalue weighted by Gasteiger charge is -2.45. The van der Waals surface area contributed by atoms with Gasteiger partial charge in [0.15, 0.2) is 0 Å². The molecule has 2 aromatic carbocycles. The zero-order valence-electron chi connectivity index (χ0n) is 17.1. The van der Waals surface area contributed by atoms with Crippen molar-refractivity contribution < 1.29 is 14.3 Å². The molecule has 5 rings (SSSR count). The van der Waals surface area contributed by atoms with E-state index in [1.807, 2.05) is 43.3 Å². The summed E-state index contributed by atoms with van der Waals surface area (Å²) in [7, 11) is 3.38. The van der Waals surface area contributed by atoms with Gasteiger partial charge in [-0.05, 0) is 32.2 Å². The minimum Gasteiger partial charge on any atom is -0.465 e. The van der Waals surface area contributed by atoms with Gasteiger partial charge >= 0.3 is 5.97 Å². The van der Waals surface area contributed by atoms with Crippen molar-refractivity contribution >= 4 is 45.7 Å². The smallest absolute Gasteiger partial charge is 0.341 e. The molecule has 29 heavy (non-hydrogen) atoms. The molecule has 0 aliphatic carbocycles. The standard InChI is InChI=1S/C23H22N2O3S/c1-13-17(21(26)27-5)19-20(29-13)22(2,3)23(25(19)4)12-24-18-15-9-7-6-8-14(15)10-11-16(18)28-23/h6-12H,1-5H3. The van der Waals surface area contributed by atoms with E-state index in [0.717, 1.165) is 37.7 Å². The van der Waals surface area contributed by atoms with Gasteiger partial charge in [0, 0.05) is 22.2 Å². The molecule has 0 bridgehead atoms. The van der Waals surface area contributed by atoms with Crippen LogP contribution in [0.5, 0.6) is 5.75 Å². The second-order valence-electron chi connectivity index (χ2n) is 8.08. The fraction of sp³-hybridized carbons (Fsp3) is 0.304. The van der Waals surface area contributed by atoms with Gasteiger partial charge < -0.3 is 14.4 Å². The van der Waals surface area contributed by atoms with E-state index < -0.39 is 11.1 Å². The molecule has 0 amide bonds. The number of anilines is 1. The second-order valence-corrected chi connectivity index (χ2v) is 9.30. The molecule has 1 aromatic heterocycles. The van der Waals surface area contributed by atoms with E-state index >= 15 is 0 Å². The van der Waals surface area contributed by atoms with Gasteiger partial charge in [-0.1, -0.05) is 30.3 Å². The van der Waals surface area contributed by atoms with E-state index in [2.05, 4.69) is 32.0 Å². The number of nitrogens with zero attached hydrogens (tertiary/aromatic N) is 2. The Morgan fingerprint density at radius 3 is 2.72 bits per heavy atom. The number of likely N-dealkylation sites (N-methyl/N-ethyl adjacent to an activating group) is 1. The van der Waals surface area contributed by atoms with Crippen molar-refractivity contribution in [2.45, 2.75) is 31.9 Å². The number of benzene rings is 2. The molecule has 148 valence electrons. The van der Waals surface area contributed by atoms with Crippen LogP contribution in [-0.4, -0.2) is 32.1 Å². The van der Waals surface area contributed by atoms with E-state index in [-0.39, 0.29) is 5.97 Å². The SMILES string of the molecule is COC(=O)c1c(C)sc2c1N(C)C1(C=Nc3c(ccc4ccccc34)O1)C2(C)C. The summed E-state index contributed by atoms with van der Waals surface area (Å²) in [5, 5.41) is 2.19. The number of esters is 1. The first-order valence-corrected chi connectivity index (χ1v) is 10.4. The number of thiophene rings is 1. The molecular weight excluding hydrogens is 384 g/mol. The molecule has 1 atom stereocenters. The Balaban J connectivity index is 1.70. The fourth-order valence-electron chi connectivity index (χ4n) is 4.61. The number of aryl methyl sites for hydroxylation is 1. The van der Waals surface area contributed by atoms with Gasteiger partial charge in [0.2, 0.25) is 5.72 Å². The molecule has 3 heterocycles. The molecule has 0 fully saturated rings. The minimum atomic E-state index is -0.819. The predicted molar refractivity (Wildman–Crippen MR) is 117 cm³/mol. The van der Waals surface area contributed by atoms with Gasteiger partial charge in [0.1, 0.15) is 11.4 Å². The van der Waals surface area contributed by atoms with Crippen LogP contribution < -0.4 is 9.64 Å². The van der Waals surface area contributed by atoms with Crippen LogP contribution in [0.2, 0.25) is 0 Å². The lowest BCUT2D eigenvalue weighted by molar-refractivity contribution is 0.0599. The number of methoxy groups -OCH3 is 1. The highest BCUT2D eigenvalue weighted by Gasteiger charge is 2.61. The van der Waals surface area contributed by atoms with Crippen molar-refractivity contribution in [2.24, 2.45) is 4.99 Å². The highest BCUT2D eigenvalue weighted by molar-refractivity contribution is 7.13. The molecule has 1 spiro atoms. The molecule has 1 unspecified atom stereocenters. The summed E-state index contributed by atoms with van der Waals surface area (Å²) >= 11 is 1.63. The van der Waals surface area contributed by atoms with E-state index in [0.29, 0.717) is 5.56 Å². The number of aliphatic imine (C=N–C) groups is 1. The van der Waals surface area contributed by atoms with Gasteiger partial charge in [0.25, 0.3) is 0 Å². The number of fused-ring (bicyclic) bond motifs is 4. The number of hydrogen-bond acceptors (Lipinski definition) is 6. The maximum atomic E-state index is 12.5. The Bertz CT molecular complexity index is 1210. The number of ether oxygens (including phenoxy) is 2. The second kappa shape index (κ2) is 5.83. The van der Waals surface area contributed by atoms with Crippen LogP contribution in [-0.2, 0) is 10.2 Å². The third kappa shape index (κ3) is 2.15.